The zero-order valence-electron chi connectivity index (χ0n) is 8.37. The second-order valence-electron chi connectivity index (χ2n) is 3.76. The second kappa shape index (κ2) is 4.96. The number of rotatable bonds is 3. The maximum atomic E-state index is 3.98. The summed E-state index contributed by atoms with van der Waals surface area (Å²) in [7, 11) is 0. The van der Waals surface area contributed by atoms with Crippen molar-refractivity contribution in [1.82, 2.24) is 10.3 Å². The van der Waals surface area contributed by atoms with Crippen molar-refractivity contribution in [3.05, 3.63) is 24.5 Å². The molecule has 0 saturated carbocycles. The lowest BCUT2D eigenvalue weighted by atomic mass is 10.1. The average Bonchev–Trinajstić information content (AvgIpc) is 2.29. The number of nitrogens with zero attached hydrogens (tertiary/aromatic N) is 1. The molecule has 1 unspecified atom stereocenters. The summed E-state index contributed by atoms with van der Waals surface area (Å²) in [5, 5.41) is 6.92. The van der Waals surface area contributed by atoms with Crippen molar-refractivity contribution in [1.29, 1.82) is 0 Å². The first-order chi connectivity index (χ1) is 6.95. The first-order valence-electron chi connectivity index (χ1n) is 5.32. The molecule has 0 aromatic carbocycles. The van der Waals surface area contributed by atoms with Crippen LogP contribution in [0.2, 0.25) is 0 Å². The molecule has 1 aromatic heterocycles. The third kappa shape index (κ3) is 2.70. The molecular weight excluding hydrogens is 174 g/mol. The van der Waals surface area contributed by atoms with Crippen molar-refractivity contribution in [2.24, 2.45) is 0 Å². The SMILES string of the molecule is c1cc(NCC2CCCCN2)ccn1. The topological polar surface area (TPSA) is 37.0 Å². The highest BCUT2D eigenvalue weighted by atomic mass is 15.0. The normalized spacial score (nSPS) is 21.9. The minimum atomic E-state index is 0.636. The van der Waals surface area contributed by atoms with Gasteiger partial charge in [0.05, 0.1) is 0 Å². The lowest BCUT2D eigenvalue weighted by Gasteiger charge is -2.23. The standard InChI is InChI=1S/C11H17N3/c1-2-6-13-11(3-1)9-14-10-4-7-12-8-5-10/h4-5,7-8,11,13H,1-3,6,9H2,(H,12,14). The van der Waals surface area contributed by atoms with E-state index in [2.05, 4.69) is 15.6 Å². The molecule has 14 heavy (non-hydrogen) atoms. The summed E-state index contributed by atoms with van der Waals surface area (Å²) in [6, 6.07) is 4.64. The fourth-order valence-electron chi connectivity index (χ4n) is 1.81. The van der Waals surface area contributed by atoms with Crippen LogP contribution in [-0.4, -0.2) is 24.1 Å². The molecule has 0 spiro atoms. The van der Waals surface area contributed by atoms with Crippen molar-refractivity contribution in [2.45, 2.75) is 25.3 Å². The second-order valence-corrected chi connectivity index (χ2v) is 3.76. The van der Waals surface area contributed by atoms with E-state index in [1.54, 1.807) is 0 Å². The predicted molar refractivity (Wildman–Crippen MR) is 58.4 cm³/mol. The number of piperidine rings is 1. The minimum Gasteiger partial charge on any atom is -0.383 e. The number of nitrogens with one attached hydrogen (secondary N) is 2. The molecule has 2 N–H and O–H groups in total. The van der Waals surface area contributed by atoms with E-state index in [9.17, 15) is 0 Å². The lowest BCUT2D eigenvalue weighted by Crippen LogP contribution is -2.39. The van der Waals surface area contributed by atoms with Crippen molar-refractivity contribution in [3.8, 4) is 0 Å². The fourth-order valence-corrected chi connectivity index (χ4v) is 1.81. The van der Waals surface area contributed by atoms with E-state index in [-0.39, 0.29) is 0 Å². The van der Waals surface area contributed by atoms with Crippen molar-refractivity contribution in [2.75, 3.05) is 18.4 Å². The molecule has 1 aromatic rings. The van der Waals surface area contributed by atoms with Gasteiger partial charge in [-0.05, 0) is 31.5 Å². The Kier molecular flexibility index (Phi) is 3.35. The Bertz CT molecular complexity index is 254. The zero-order valence-corrected chi connectivity index (χ0v) is 8.37. The quantitative estimate of drug-likeness (QED) is 0.762. The van der Waals surface area contributed by atoms with Crippen LogP contribution in [-0.2, 0) is 0 Å². The number of aromatic nitrogens is 1. The Morgan fingerprint density at radius 2 is 2.21 bits per heavy atom. The molecule has 1 atom stereocenters. The summed E-state index contributed by atoms with van der Waals surface area (Å²) in [4.78, 5) is 3.98. The molecule has 3 nitrogen and oxygen atoms in total. The highest BCUT2D eigenvalue weighted by Crippen LogP contribution is 2.09. The van der Waals surface area contributed by atoms with Crippen molar-refractivity contribution < 1.29 is 0 Å². The van der Waals surface area contributed by atoms with Crippen LogP contribution in [0.15, 0.2) is 24.5 Å². The van der Waals surface area contributed by atoms with Crippen molar-refractivity contribution in [3.63, 3.8) is 0 Å². The molecule has 0 aliphatic carbocycles. The molecule has 0 radical (unpaired) electrons. The van der Waals surface area contributed by atoms with Crippen LogP contribution in [0.1, 0.15) is 19.3 Å². The number of hydrogen-bond acceptors (Lipinski definition) is 3. The van der Waals surface area contributed by atoms with E-state index in [0.29, 0.717) is 6.04 Å². The van der Waals surface area contributed by atoms with Gasteiger partial charge in [-0.15, -0.1) is 0 Å². The van der Waals surface area contributed by atoms with Gasteiger partial charge in [0.2, 0.25) is 0 Å². The minimum absolute atomic E-state index is 0.636. The van der Waals surface area contributed by atoms with Gasteiger partial charge in [0.15, 0.2) is 0 Å². The van der Waals surface area contributed by atoms with Crippen LogP contribution in [0.5, 0.6) is 0 Å². The monoisotopic (exact) mass is 191 g/mol. The highest BCUT2D eigenvalue weighted by molar-refractivity contribution is 5.40. The van der Waals surface area contributed by atoms with Crippen LogP contribution in [0.4, 0.5) is 5.69 Å². The van der Waals surface area contributed by atoms with Gasteiger partial charge < -0.3 is 10.6 Å². The van der Waals surface area contributed by atoms with Gasteiger partial charge in [-0.3, -0.25) is 4.98 Å². The molecule has 76 valence electrons. The Morgan fingerprint density at radius 3 is 2.93 bits per heavy atom. The summed E-state index contributed by atoms with van der Waals surface area (Å²) in [6.07, 6.45) is 7.60. The summed E-state index contributed by atoms with van der Waals surface area (Å²) < 4.78 is 0. The van der Waals surface area contributed by atoms with Crippen LogP contribution < -0.4 is 10.6 Å². The molecule has 2 heterocycles. The van der Waals surface area contributed by atoms with E-state index in [1.807, 2.05) is 24.5 Å². The lowest BCUT2D eigenvalue weighted by molar-refractivity contribution is 0.414. The molecule has 1 aliphatic rings. The summed E-state index contributed by atoms with van der Waals surface area (Å²) >= 11 is 0. The van der Waals surface area contributed by atoms with Crippen molar-refractivity contribution >= 4 is 5.69 Å². The van der Waals surface area contributed by atoms with E-state index in [1.165, 1.54) is 25.8 Å². The molecular formula is C11H17N3. The maximum absolute atomic E-state index is 3.98. The van der Waals surface area contributed by atoms with Gasteiger partial charge in [-0.2, -0.15) is 0 Å². The molecule has 1 saturated heterocycles. The van der Waals surface area contributed by atoms with E-state index >= 15 is 0 Å². The van der Waals surface area contributed by atoms with Gasteiger partial charge in [-0.25, -0.2) is 0 Å². The van der Waals surface area contributed by atoms with E-state index in [4.69, 9.17) is 0 Å². The van der Waals surface area contributed by atoms with Gasteiger partial charge >= 0.3 is 0 Å². The van der Waals surface area contributed by atoms with Gasteiger partial charge in [0.25, 0.3) is 0 Å². The summed E-state index contributed by atoms with van der Waals surface area (Å²) in [5.41, 5.74) is 1.16. The van der Waals surface area contributed by atoms with E-state index in [0.717, 1.165) is 12.2 Å². The smallest absolute Gasteiger partial charge is 0.0371 e. The third-order valence-electron chi connectivity index (χ3n) is 2.65. The molecule has 2 rings (SSSR count). The summed E-state index contributed by atoms with van der Waals surface area (Å²) in [6.45, 7) is 2.19. The first kappa shape index (κ1) is 9.46. The Hall–Kier alpha value is -1.09. The summed E-state index contributed by atoms with van der Waals surface area (Å²) in [5.74, 6) is 0. The third-order valence-corrected chi connectivity index (χ3v) is 2.65. The Morgan fingerprint density at radius 1 is 1.36 bits per heavy atom. The maximum Gasteiger partial charge on any atom is 0.0371 e. The molecule has 0 bridgehead atoms. The molecule has 1 fully saturated rings. The largest absolute Gasteiger partial charge is 0.383 e. The van der Waals surface area contributed by atoms with Crippen LogP contribution >= 0.6 is 0 Å². The van der Waals surface area contributed by atoms with Gasteiger partial charge in [0.1, 0.15) is 0 Å². The zero-order chi connectivity index (χ0) is 9.64. The average molecular weight is 191 g/mol. The number of pyridine rings is 1. The Balaban J connectivity index is 1.76. The van der Waals surface area contributed by atoms with Crippen LogP contribution in [0.25, 0.3) is 0 Å². The van der Waals surface area contributed by atoms with E-state index < -0.39 is 0 Å². The Labute approximate surface area is 84.9 Å². The molecule has 3 heteroatoms. The molecule has 1 aliphatic heterocycles. The highest BCUT2D eigenvalue weighted by Gasteiger charge is 2.11. The van der Waals surface area contributed by atoms with Gasteiger partial charge in [-0.1, -0.05) is 6.42 Å². The van der Waals surface area contributed by atoms with Crippen LogP contribution in [0.3, 0.4) is 0 Å². The molecule has 0 amide bonds. The van der Waals surface area contributed by atoms with Crippen LogP contribution in [0, 0.1) is 0 Å². The van der Waals surface area contributed by atoms with Gasteiger partial charge in [0, 0.05) is 30.7 Å². The first-order valence-corrected chi connectivity index (χ1v) is 5.32. The number of anilines is 1. The number of hydrogen-bond donors (Lipinski definition) is 2. The fraction of sp³-hybridized carbons (Fsp3) is 0.545. The predicted octanol–water partition coefficient (Wildman–Crippen LogP) is 1.64.